The second kappa shape index (κ2) is 7.12. The first kappa shape index (κ1) is 15.4. The zero-order valence-corrected chi connectivity index (χ0v) is 12.0. The van der Waals surface area contributed by atoms with E-state index in [1.54, 1.807) is 24.3 Å². The van der Waals surface area contributed by atoms with Crippen LogP contribution in [0.1, 0.15) is 22.8 Å². The van der Waals surface area contributed by atoms with Crippen molar-refractivity contribution in [3.8, 4) is 17.2 Å². The first-order valence-electron chi connectivity index (χ1n) is 6.68. The number of ether oxygens (including phenoxy) is 1. The van der Waals surface area contributed by atoms with Gasteiger partial charge in [-0.2, -0.15) is 5.10 Å². The van der Waals surface area contributed by atoms with Gasteiger partial charge in [0, 0.05) is 5.56 Å². The molecule has 3 N–H and O–H groups in total. The van der Waals surface area contributed by atoms with E-state index >= 15 is 0 Å². The highest BCUT2D eigenvalue weighted by Crippen LogP contribution is 2.26. The van der Waals surface area contributed by atoms with Crippen molar-refractivity contribution >= 4 is 12.1 Å². The molecular formula is C16H16N2O4. The second-order valence-corrected chi connectivity index (χ2v) is 4.41. The van der Waals surface area contributed by atoms with E-state index in [1.165, 1.54) is 24.4 Å². The Balaban J connectivity index is 2.03. The summed E-state index contributed by atoms with van der Waals surface area (Å²) in [7, 11) is 0. The zero-order chi connectivity index (χ0) is 15.9. The minimum Gasteiger partial charge on any atom is -0.508 e. The van der Waals surface area contributed by atoms with Crippen molar-refractivity contribution < 1.29 is 19.7 Å². The van der Waals surface area contributed by atoms with E-state index in [-0.39, 0.29) is 11.5 Å². The Morgan fingerprint density at radius 2 is 2.09 bits per heavy atom. The molecule has 2 aromatic carbocycles. The molecule has 0 saturated heterocycles. The van der Waals surface area contributed by atoms with E-state index < -0.39 is 5.91 Å². The molecule has 0 heterocycles. The molecule has 0 saturated carbocycles. The molecule has 0 atom stereocenters. The Hall–Kier alpha value is -3.02. The van der Waals surface area contributed by atoms with Gasteiger partial charge in [-0.15, -0.1) is 0 Å². The summed E-state index contributed by atoms with van der Waals surface area (Å²) in [6.45, 7) is 2.25. The predicted octanol–water partition coefficient (Wildman–Crippen LogP) is 2.26. The van der Waals surface area contributed by atoms with Gasteiger partial charge in [-0.1, -0.05) is 6.07 Å². The molecule has 114 valence electrons. The van der Waals surface area contributed by atoms with Crippen LogP contribution in [-0.2, 0) is 0 Å². The van der Waals surface area contributed by atoms with Gasteiger partial charge in [-0.05, 0) is 48.9 Å². The number of nitrogens with zero attached hydrogens (tertiary/aromatic N) is 1. The third-order valence-electron chi connectivity index (χ3n) is 2.77. The Morgan fingerprint density at radius 3 is 2.82 bits per heavy atom. The van der Waals surface area contributed by atoms with Crippen LogP contribution in [0.3, 0.4) is 0 Å². The van der Waals surface area contributed by atoms with Gasteiger partial charge in [0.1, 0.15) is 5.75 Å². The van der Waals surface area contributed by atoms with Gasteiger partial charge in [-0.3, -0.25) is 4.79 Å². The summed E-state index contributed by atoms with van der Waals surface area (Å²) in [4.78, 5) is 11.8. The van der Waals surface area contributed by atoms with E-state index in [4.69, 9.17) is 4.74 Å². The molecule has 6 nitrogen and oxygen atoms in total. The Labute approximate surface area is 127 Å². The van der Waals surface area contributed by atoms with Crippen LogP contribution in [0.25, 0.3) is 0 Å². The van der Waals surface area contributed by atoms with E-state index in [0.29, 0.717) is 23.5 Å². The Bertz CT molecular complexity index is 698. The molecule has 1 amide bonds. The molecule has 0 bridgehead atoms. The predicted molar refractivity (Wildman–Crippen MR) is 82.4 cm³/mol. The van der Waals surface area contributed by atoms with Gasteiger partial charge in [0.25, 0.3) is 5.91 Å². The van der Waals surface area contributed by atoms with Crippen molar-refractivity contribution in [3.05, 3.63) is 53.6 Å². The molecule has 2 rings (SSSR count). The number of hydrogen-bond donors (Lipinski definition) is 3. The summed E-state index contributed by atoms with van der Waals surface area (Å²) in [5.74, 6) is -0.0268. The normalized spacial score (nSPS) is 10.6. The highest BCUT2D eigenvalue weighted by Gasteiger charge is 2.05. The monoisotopic (exact) mass is 300 g/mol. The molecule has 6 heteroatoms. The summed E-state index contributed by atoms with van der Waals surface area (Å²) in [5.41, 5.74) is 3.32. The fourth-order valence-corrected chi connectivity index (χ4v) is 1.76. The number of amides is 1. The van der Waals surface area contributed by atoms with Crippen molar-refractivity contribution in [1.82, 2.24) is 5.43 Å². The van der Waals surface area contributed by atoms with Crippen LogP contribution in [0.15, 0.2) is 47.6 Å². The summed E-state index contributed by atoms with van der Waals surface area (Å²) in [6, 6.07) is 10.7. The average molecular weight is 300 g/mol. The van der Waals surface area contributed by atoms with E-state index in [1.807, 2.05) is 6.92 Å². The third kappa shape index (κ3) is 3.99. The first-order chi connectivity index (χ1) is 10.6. The minimum absolute atomic E-state index is 0.0107. The maximum atomic E-state index is 11.8. The molecule has 0 aliphatic rings. The number of carbonyl (C=O) groups excluding carboxylic acids is 1. The van der Waals surface area contributed by atoms with E-state index in [0.717, 1.165) is 0 Å². The van der Waals surface area contributed by atoms with Crippen molar-refractivity contribution in [2.24, 2.45) is 5.10 Å². The molecule has 22 heavy (non-hydrogen) atoms. The number of nitrogens with one attached hydrogen (secondary N) is 1. The van der Waals surface area contributed by atoms with Crippen LogP contribution in [0.2, 0.25) is 0 Å². The lowest BCUT2D eigenvalue weighted by Gasteiger charge is -2.06. The molecular weight excluding hydrogens is 284 g/mol. The molecule has 0 aliphatic heterocycles. The smallest absolute Gasteiger partial charge is 0.271 e. The van der Waals surface area contributed by atoms with Gasteiger partial charge in [0.15, 0.2) is 11.5 Å². The quantitative estimate of drug-likeness (QED) is 0.583. The molecule has 0 radical (unpaired) electrons. The van der Waals surface area contributed by atoms with Crippen molar-refractivity contribution in [1.29, 1.82) is 0 Å². The summed E-state index contributed by atoms with van der Waals surface area (Å²) < 4.78 is 5.26. The van der Waals surface area contributed by atoms with E-state index in [2.05, 4.69) is 10.5 Å². The lowest BCUT2D eigenvalue weighted by atomic mass is 10.2. The largest absolute Gasteiger partial charge is 0.508 e. The molecule has 0 fully saturated rings. The number of hydrazone groups is 1. The molecule has 2 aromatic rings. The van der Waals surface area contributed by atoms with Crippen LogP contribution >= 0.6 is 0 Å². The van der Waals surface area contributed by atoms with Crippen molar-refractivity contribution in [2.45, 2.75) is 6.92 Å². The highest BCUT2D eigenvalue weighted by molar-refractivity contribution is 5.95. The van der Waals surface area contributed by atoms with Gasteiger partial charge in [0.05, 0.1) is 12.8 Å². The Kier molecular flexibility index (Phi) is 4.98. The summed E-state index contributed by atoms with van der Waals surface area (Å²) in [5, 5.41) is 22.7. The number of phenols is 2. The Morgan fingerprint density at radius 1 is 1.27 bits per heavy atom. The third-order valence-corrected chi connectivity index (χ3v) is 2.77. The molecule has 0 spiro atoms. The van der Waals surface area contributed by atoms with Crippen molar-refractivity contribution in [3.63, 3.8) is 0 Å². The lowest BCUT2D eigenvalue weighted by molar-refractivity contribution is 0.0954. The number of hydrogen-bond acceptors (Lipinski definition) is 5. The van der Waals surface area contributed by atoms with Crippen molar-refractivity contribution in [2.75, 3.05) is 6.61 Å². The maximum Gasteiger partial charge on any atom is 0.271 e. The number of benzene rings is 2. The number of carbonyl (C=O) groups is 1. The van der Waals surface area contributed by atoms with Crippen LogP contribution in [0.4, 0.5) is 0 Å². The highest BCUT2D eigenvalue weighted by atomic mass is 16.5. The van der Waals surface area contributed by atoms with Crippen LogP contribution in [-0.4, -0.2) is 28.9 Å². The number of rotatable bonds is 5. The number of aromatic hydroxyl groups is 2. The number of phenolic OH excluding ortho intramolecular Hbond substituents is 2. The van der Waals surface area contributed by atoms with Crippen LogP contribution in [0, 0.1) is 0 Å². The minimum atomic E-state index is -0.434. The van der Waals surface area contributed by atoms with Gasteiger partial charge < -0.3 is 14.9 Å². The average Bonchev–Trinajstić information content (AvgIpc) is 2.50. The van der Waals surface area contributed by atoms with Gasteiger partial charge in [0.2, 0.25) is 0 Å². The molecule has 0 aliphatic carbocycles. The van der Waals surface area contributed by atoms with Gasteiger partial charge in [-0.25, -0.2) is 5.43 Å². The fraction of sp³-hybridized carbons (Fsp3) is 0.125. The summed E-state index contributed by atoms with van der Waals surface area (Å²) >= 11 is 0. The molecule has 0 unspecified atom stereocenters. The standard InChI is InChI=1S/C16H16N2O4/c1-2-22-15-8-11(6-7-14(15)20)10-17-18-16(21)12-4-3-5-13(19)9-12/h3-10,19-20H,2H2,1H3,(H,18,21)/b17-10-. The van der Waals surface area contributed by atoms with Gasteiger partial charge >= 0.3 is 0 Å². The summed E-state index contributed by atoms with van der Waals surface area (Å²) in [6.07, 6.45) is 1.43. The topological polar surface area (TPSA) is 91.2 Å². The SMILES string of the molecule is CCOc1cc(/C=N\NC(=O)c2cccc(O)c2)ccc1O. The van der Waals surface area contributed by atoms with Crippen LogP contribution < -0.4 is 10.2 Å². The maximum absolute atomic E-state index is 11.8. The fourth-order valence-electron chi connectivity index (χ4n) is 1.76. The first-order valence-corrected chi connectivity index (χ1v) is 6.68. The second-order valence-electron chi connectivity index (χ2n) is 4.41. The lowest BCUT2D eigenvalue weighted by Crippen LogP contribution is -2.17. The van der Waals surface area contributed by atoms with E-state index in [9.17, 15) is 15.0 Å². The zero-order valence-electron chi connectivity index (χ0n) is 12.0. The van der Waals surface area contributed by atoms with Crippen LogP contribution in [0.5, 0.6) is 17.2 Å². The molecule has 0 aromatic heterocycles.